The Hall–Kier alpha value is -1.23. The zero-order valence-electron chi connectivity index (χ0n) is 12.2. The summed E-state index contributed by atoms with van der Waals surface area (Å²) in [7, 11) is 1.57. The van der Waals surface area contributed by atoms with Gasteiger partial charge < -0.3 is 10.1 Å². The van der Waals surface area contributed by atoms with E-state index in [-0.39, 0.29) is 5.82 Å². The van der Waals surface area contributed by atoms with E-state index in [0.29, 0.717) is 16.9 Å². The highest BCUT2D eigenvalue weighted by Crippen LogP contribution is 2.35. The van der Waals surface area contributed by atoms with Gasteiger partial charge in [0.05, 0.1) is 12.8 Å². The number of halogens is 1. The molecule has 110 valence electrons. The monoisotopic (exact) mass is 296 g/mol. The Kier molecular flexibility index (Phi) is 4.91. The number of amidine groups is 1. The average molecular weight is 296 g/mol. The van der Waals surface area contributed by atoms with Gasteiger partial charge in [0, 0.05) is 18.4 Å². The van der Waals surface area contributed by atoms with Crippen LogP contribution in [0.4, 0.5) is 10.1 Å². The van der Waals surface area contributed by atoms with Gasteiger partial charge in [-0.05, 0) is 30.4 Å². The molecule has 0 radical (unpaired) electrons. The normalized spacial score (nSPS) is 17.5. The third-order valence-electron chi connectivity index (χ3n) is 3.99. The summed E-state index contributed by atoms with van der Waals surface area (Å²) in [5, 5.41) is 3.85. The van der Waals surface area contributed by atoms with Crippen molar-refractivity contribution in [3.63, 3.8) is 0 Å². The van der Waals surface area contributed by atoms with Crippen molar-refractivity contribution < 1.29 is 9.13 Å². The lowest BCUT2D eigenvalue weighted by Crippen LogP contribution is -2.32. The standard InChI is InChI=1S/C15H21FN2OS/c1-4-15(5-2)9-17-14(20-10-15)18-13-8-11(19-3)6-7-12(13)16/h6-8H,4-5,9-10H2,1-3H3,(H,17,18). The number of nitrogens with one attached hydrogen (secondary N) is 1. The van der Waals surface area contributed by atoms with E-state index in [4.69, 9.17) is 4.74 Å². The van der Waals surface area contributed by atoms with Crippen molar-refractivity contribution in [1.82, 2.24) is 0 Å². The first kappa shape index (κ1) is 15.2. The lowest BCUT2D eigenvalue weighted by molar-refractivity contribution is 0.318. The maximum atomic E-state index is 13.8. The number of ether oxygens (including phenoxy) is 1. The molecule has 0 saturated carbocycles. The van der Waals surface area contributed by atoms with Crippen molar-refractivity contribution in [2.75, 3.05) is 24.7 Å². The molecule has 0 saturated heterocycles. The largest absolute Gasteiger partial charge is 0.497 e. The summed E-state index contributed by atoms with van der Waals surface area (Å²) in [6.45, 7) is 5.22. The van der Waals surface area contributed by atoms with Crippen molar-refractivity contribution in [3.8, 4) is 5.75 Å². The Morgan fingerprint density at radius 2 is 2.15 bits per heavy atom. The van der Waals surface area contributed by atoms with Crippen molar-refractivity contribution in [1.29, 1.82) is 0 Å². The highest BCUT2D eigenvalue weighted by molar-refractivity contribution is 8.14. The number of hydrogen-bond donors (Lipinski definition) is 1. The van der Waals surface area contributed by atoms with E-state index < -0.39 is 0 Å². The van der Waals surface area contributed by atoms with Gasteiger partial charge in [0.1, 0.15) is 11.6 Å². The van der Waals surface area contributed by atoms with Gasteiger partial charge in [-0.15, -0.1) is 0 Å². The summed E-state index contributed by atoms with van der Waals surface area (Å²) in [5.41, 5.74) is 0.707. The molecule has 0 atom stereocenters. The molecule has 1 aliphatic rings. The van der Waals surface area contributed by atoms with Gasteiger partial charge in [-0.1, -0.05) is 25.6 Å². The molecule has 0 fully saturated rings. The molecule has 1 aliphatic heterocycles. The molecule has 1 aromatic carbocycles. The van der Waals surface area contributed by atoms with E-state index in [9.17, 15) is 4.39 Å². The molecule has 2 rings (SSSR count). The number of rotatable bonds is 4. The average Bonchev–Trinajstić information content (AvgIpc) is 2.50. The molecule has 20 heavy (non-hydrogen) atoms. The molecule has 1 heterocycles. The summed E-state index contributed by atoms with van der Waals surface area (Å²) < 4.78 is 18.9. The molecular weight excluding hydrogens is 275 g/mol. The van der Waals surface area contributed by atoms with Crippen molar-refractivity contribution >= 4 is 22.6 Å². The molecule has 0 unspecified atom stereocenters. The molecular formula is C15H21FN2OS. The van der Waals surface area contributed by atoms with Crippen LogP contribution in [0.3, 0.4) is 0 Å². The molecule has 0 bridgehead atoms. The maximum absolute atomic E-state index is 13.8. The van der Waals surface area contributed by atoms with E-state index >= 15 is 0 Å². The van der Waals surface area contributed by atoms with Crippen LogP contribution in [0.2, 0.25) is 0 Å². The Morgan fingerprint density at radius 1 is 1.40 bits per heavy atom. The van der Waals surface area contributed by atoms with Crippen molar-refractivity contribution in [2.24, 2.45) is 10.4 Å². The Balaban J connectivity index is 2.10. The van der Waals surface area contributed by atoms with Gasteiger partial charge in [0.2, 0.25) is 0 Å². The molecule has 0 aliphatic carbocycles. The van der Waals surface area contributed by atoms with E-state index in [1.165, 1.54) is 6.07 Å². The van der Waals surface area contributed by atoms with E-state index in [1.54, 1.807) is 31.0 Å². The third kappa shape index (κ3) is 3.26. The fourth-order valence-electron chi connectivity index (χ4n) is 2.15. The molecule has 3 nitrogen and oxygen atoms in total. The minimum absolute atomic E-state index is 0.294. The van der Waals surface area contributed by atoms with Gasteiger partial charge in [0.15, 0.2) is 5.17 Å². The predicted molar refractivity (Wildman–Crippen MR) is 84.3 cm³/mol. The molecule has 5 heteroatoms. The number of aliphatic imine (C=N–C) groups is 1. The van der Waals surface area contributed by atoms with Crippen LogP contribution in [0.1, 0.15) is 26.7 Å². The predicted octanol–water partition coefficient (Wildman–Crippen LogP) is 4.16. The number of nitrogens with zero attached hydrogens (tertiary/aromatic N) is 1. The molecule has 0 spiro atoms. The van der Waals surface area contributed by atoms with Crippen LogP contribution in [0.5, 0.6) is 5.75 Å². The second-order valence-corrected chi connectivity index (χ2v) is 6.05. The number of anilines is 1. The van der Waals surface area contributed by atoms with Crippen LogP contribution in [0, 0.1) is 11.2 Å². The molecule has 0 amide bonds. The second-order valence-electron chi connectivity index (χ2n) is 5.09. The van der Waals surface area contributed by atoms with E-state index in [1.807, 2.05) is 0 Å². The van der Waals surface area contributed by atoms with Crippen LogP contribution in [-0.4, -0.2) is 24.6 Å². The zero-order chi connectivity index (χ0) is 14.6. The fraction of sp³-hybridized carbons (Fsp3) is 0.533. The fourth-order valence-corrected chi connectivity index (χ4v) is 3.43. The summed E-state index contributed by atoms with van der Waals surface area (Å²) in [4.78, 5) is 4.58. The highest BCUT2D eigenvalue weighted by atomic mass is 32.2. The third-order valence-corrected chi connectivity index (χ3v) is 5.25. The van der Waals surface area contributed by atoms with Crippen LogP contribution in [0.25, 0.3) is 0 Å². The lowest BCUT2D eigenvalue weighted by Gasteiger charge is -2.33. The molecule has 0 aromatic heterocycles. The zero-order valence-corrected chi connectivity index (χ0v) is 13.0. The van der Waals surface area contributed by atoms with Gasteiger partial charge in [-0.25, -0.2) is 4.39 Å². The molecule has 1 N–H and O–H groups in total. The van der Waals surface area contributed by atoms with Gasteiger partial charge in [0.25, 0.3) is 0 Å². The molecule has 1 aromatic rings. The van der Waals surface area contributed by atoms with Gasteiger partial charge in [-0.3, -0.25) is 4.99 Å². The first-order chi connectivity index (χ1) is 9.62. The van der Waals surface area contributed by atoms with Crippen molar-refractivity contribution in [2.45, 2.75) is 26.7 Å². The highest BCUT2D eigenvalue weighted by Gasteiger charge is 2.30. The number of benzene rings is 1. The minimum atomic E-state index is -0.295. The van der Waals surface area contributed by atoms with Crippen LogP contribution < -0.4 is 10.1 Å². The number of hydrogen-bond acceptors (Lipinski definition) is 4. The smallest absolute Gasteiger partial charge is 0.161 e. The van der Waals surface area contributed by atoms with Crippen molar-refractivity contribution in [3.05, 3.63) is 24.0 Å². The quantitative estimate of drug-likeness (QED) is 0.906. The second kappa shape index (κ2) is 6.48. The Morgan fingerprint density at radius 3 is 2.70 bits per heavy atom. The van der Waals surface area contributed by atoms with Gasteiger partial charge in [-0.2, -0.15) is 0 Å². The maximum Gasteiger partial charge on any atom is 0.161 e. The summed E-state index contributed by atoms with van der Waals surface area (Å²) in [6.07, 6.45) is 2.25. The summed E-state index contributed by atoms with van der Waals surface area (Å²) >= 11 is 1.67. The summed E-state index contributed by atoms with van der Waals surface area (Å²) in [5.74, 6) is 1.36. The first-order valence-electron chi connectivity index (χ1n) is 6.90. The Bertz CT molecular complexity index is 501. The van der Waals surface area contributed by atoms with Crippen LogP contribution in [0.15, 0.2) is 23.2 Å². The SMILES string of the molecule is CCC1(CC)CN=C(Nc2cc(OC)ccc2F)SC1. The first-order valence-corrected chi connectivity index (χ1v) is 7.89. The minimum Gasteiger partial charge on any atom is -0.497 e. The number of thioether (sulfide) groups is 1. The van der Waals surface area contributed by atoms with Gasteiger partial charge >= 0.3 is 0 Å². The topological polar surface area (TPSA) is 33.6 Å². The van der Waals surface area contributed by atoms with E-state index in [0.717, 1.165) is 30.3 Å². The van der Waals surface area contributed by atoms with E-state index in [2.05, 4.69) is 24.2 Å². The lowest BCUT2D eigenvalue weighted by atomic mass is 9.84. The van der Waals surface area contributed by atoms with Crippen LogP contribution >= 0.6 is 11.8 Å². The number of methoxy groups -OCH3 is 1. The van der Waals surface area contributed by atoms with Crippen LogP contribution in [-0.2, 0) is 0 Å². The Labute approximate surface area is 124 Å². The summed E-state index contributed by atoms with van der Waals surface area (Å²) in [6, 6.07) is 4.66.